The molecule has 1 aromatic carbocycles. The van der Waals surface area contributed by atoms with Crippen LogP contribution in [-0.2, 0) is 15.3 Å². The van der Waals surface area contributed by atoms with Crippen molar-refractivity contribution >= 4 is 18.7 Å². The van der Waals surface area contributed by atoms with Crippen LogP contribution >= 0.6 is 7.60 Å². The molecular formula is C15H21O4P. The van der Waals surface area contributed by atoms with Gasteiger partial charge in [0, 0.05) is 11.1 Å². The quantitative estimate of drug-likeness (QED) is 0.773. The lowest BCUT2D eigenvalue weighted by Gasteiger charge is -2.15. The molecule has 1 unspecified atom stereocenters. The summed E-state index contributed by atoms with van der Waals surface area (Å²) in [6.07, 6.45) is -0.109. The van der Waals surface area contributed by atoms with Crippen LogP contribution in [0, 0.1) is 0 Å². The molecule has 0 aliphatic rings. The first-order valence-electron chi connectivity index (χ1n) is 6.32. The van der Waals surface area contributed by atoms with Crippen molar-refractivity contribution in [2.75, 3.05) is 6.61 Å². The van der Waals surface area contributed by atoms with Crippen LogP contribution in [0.5, 0.6) is 5.75 Å². The van der Waals surface area contributed by atoms with Crippen molar-refractivity contribution in [3.05, 3.63) is 42.0 Å². The van der Waals surface area contributed by atoms with Gasteiger partial charge in [-0.25, -0.2) is 0 Å². The number of rotatable bonds is 6. The van der Waals surface area contributed by atoms with Crippen LogP contribution in [0.25, 0.3) is 11.1 Å². The number of allylic oxidation sites excluding steroid dienone is 2. The van der Waals surface area contributed by atoms with E-state index in [9.17, 15) is 14.6 Å². The summed E-state index contributed by atoms with van der Waals surface area (Å²) in [7, 11) is -3.67. The SMILES string of the molecule is C=C(C)c1cc(CP(=O)(O)OCC)cc(C(=C)C)c1O. The Morgan fingerprint density at radius 2 is 1.70 bits per heavy atom. The number of benzene rings is 1. The van der Waals surface area contributed by atoms with Gasteiger partial charge in [0.2, 0.25) is 0 Å². The summed E-state index contributed by atoms with van der Waals surface area (Å²) in [5.74, 6) is 0.0953. The van der Waals surface area contributed by atoms with Crippen LogP contribution in [0.3, 0.4) is 0 Å². The highest BCUT2D eigenvalue weighted by Crippen LogP contribution is 2.46. The van der Waals surface area contributed by atoms with Gasteiger partial charge >= 0.3 is 7.60 Å². The Morgan fingerprint density at radius 3 is 2.05 bits per heavy atom. The monoisotopic (exact) mass is 296 g/mol. The summed E-state index contributed by atoms with van der Waals surface area (Å²) in [4.78, 5) is 9.72. The normalized spacial score (nSPS) is 13.8. The molecule has 0 aliphatic heterocycles. The van der Waals surface area contributed by atoms with Crippen LogP contribution < -0.4 is 0 Å². The van der Waals surface area contributed by atoms with Gasteiger partial charge in [0.25, 0.3) is 0 Å². The van der Waals surface area contributed by atoms with Crippen molar-refractivity contribution in [3.63, 3.8) is 0 Å². The first-order valence-corrected chi connectivity index (χ1v) is 8.08. The summed E-state index contributed by atoms with van der Waals surface area (Å²) in [6.45, 7) is 13.0. The summed E-state index contributed by atoms with van der Waals surface area (Å²) < 4.78 is 16.7. The molecule has 0 bridgehead atoms. The van der Waals surface area contributed by atoms with E-state index in [1.807, 2.05) is 0 Å². The molecule has 0 aliphatic carbocycles. The molecule has 1 atom stereocenters. The van der Waals surface area contributed by atoms with Crippen molar-refractivity contribution in [2.45, 2.75) is 26.9 Å². The molecule has 5 heteroatoms. The average Bonchev–Trinajstić information content (AvgIpc) is 2.29. The molecule has 4 nitrogen and oxygen atoms in total. The minimum Gasteiger partial charge on any atom is -0.507 e. The Labute approximate surface area is 120 Å². The molecule has 0 saturated carbocycles. The van der Waals surface area contributed by atoms with Crippen LogP contribution in [0.15, 0.2) is 25.3 Å². The number of aromatic hydroxyl groups is 1. The van der Waals surface area contributed by atoms with Crippen molar-refractivity contribution < 1.29 is 19.1 Å². The fourth-order valence-corrected chi connectivity index (χ4v) is 3.05. The van der Waals surface area contributed by atoms with Gasteiger partial charge in [0.1, 0.15) is 5.75 Å². The Balaban J connectivity index is 3.31. The fraction of sp³-hybridized carbons (Fsp3) is 0.333. The van der Waals surface area contributed by atoms with Gasteiger partial charge in [0.15, 0.2) is 0 Å². The summed E-state index contributed by atoms with van der Waals surface area (Å²) in [5, 5.41) is 10.2. The van der Waals surface area contributed by atoms with Gasteiger partial charge in [-0.15, -0.1) is 0 Å². The highest BCUT2D eigenvalue weighted by Gasteiger charge is 2.21. The third-order valence-corrected chi connectivity index (χ3v) is 4.23. The zero-order valence-electron chi connectivity index (χ0n) is 12.1. The summed E-state index contributed by atoms with van der Waals surface area (Å²) in [6, 6.07) is 3.32. The standard InChI is InChI=1S/C15H21O4P/c1-6-19-20(17,18)9-12-7-13(10(2)3)15(16)14(8-12)11(4)5/h7-8,16H,2,4,6,9H2,1,3,5H3,(H,17,18). The van der Waals surface area contributed by atoms with Crippen LogP contribution in [0.1, 0.15) is 37.5 Å². The van der Waals surface area contributed by atoms with Gasteiger partial charge in [-0.05, 0) is 49.6 Å². The van der Waals surface area contributed by atoms with Gasteiger partial charge in [-0.3, -0.25) is 4.57 Å². The molecule has 0 saturated heterocycles. The van der Waals surface area contributed by atoms with E-state index in [4.69, 9.17) is 4.52 Å². The fourth-order valence-electron chi connectivity index (χ4n) is 1.91. The maximum absolute atomic E-state index is 11.9. The van der Waals surface area contributed by atoms with Crippen LogP contribution in [-0.4, -0.2) is 16.6 Å². The van der Waals surface area contributed by atoms with E-state index in [0.717, 1.165) is 0 Å². The number of phenolic OH excluding ortho intramolecular Hbond substituents is 1. The summed E-state index contributed by atoms with van der Waals surface area (Å²) in [5.41, 5.74) is 3.07. The Hall–Kier alpha value is -1.35. The average molecular weight is 296 g/mol. The second-order valence-electron chi connectivity index (χ2n) is 4.81. The van der Waals surface area contributed by atoms with Crippen molar-refractivity contribution in [2.24, 2.45) is 0 Å². The third-order valence-electron chi connectivity index (χ3n) is 2.80. The van der Waals surface area contributed by atoms with Gasteiger partial charge in [-0.1, -0.05) is 13.2 Å². The zero-order valence-corrected chi connectivity index (χ0v) is 13.0. The molecule has 2 N–H and O–H groups in total. The van der Waals surface area contributed by atoms with Gasteiger partial charge in [0.05, 0.1) is 12.8 Å². The van der Waals surface area contributed by atoms with E-state index >= 15 is 0 Å². The molecule has 1 aromatic rings. The van der Waals surface area contributed by atoms with E-state index in [1.165, 1.54) is 0 Å². The molecule has 20 heavy (non-hydrogen) atoms. The highest BCUT2D eigenvalue weighted by atomic mass is 31.2. The van der Waals surface area contributed by atoms with Gasteiger partial charge < -0.3 is 14.5 Å². The minimum absolute atomic E-state index is 0.0953. The second kappa shape index (κ2) is 6.40. The lowest BCUT2D eigenvalue weighted by atomic mass is 9.97. The lowest BCUT2D eigenvalue weighted by molar-refractivity contribution is 0.272. The number of hydrogen-bond donors (Lipinski definition) is 2. The highest BCUT2D eigenvalue weighted by molar-refractivity contribution is 7.51. The lowest BCUT2D eigenvalue weighted by Crippen LogP contribution is -1.96. The smallest absolute Gasteiger partial charge is 0.332 e. The van der Waals surface area contributed by atoms with E-state index in [1.54, 1.807) is 32.9 Å². The molecule has 0 spiro atoms. The molecule has 110 valence electrons. The van der Waals surface area contributed by atoms with E-state index in [0.29, 0.717) is 27.8 Å². The number of hydrogen-bond acceptors (Lipinski definition) is 3. The first kappa shape index (κ1) is 16.7. The molecule has 0 fully saturated rings. The maximum atomic E-state index is 11.9. The second-order valence-corrected chi connectivity index (χ2v) is 6.66. The third kappa shape index (κ3) is 4.07. The predicted molar refractivity (Wildman–Crippen MR) is 82.7 cm³/mol. The van der Waals surface area contributed by atoms with Crippen molar-refractivity contribution in [1.29, 1.82) is 0 Å². The zero-order chi connectivity index (χ0) is 15.5. The molecular weight excluding hydrogens is 275 g/mol. The molecule has 0 radical (unpaired) electrons. The molecule has 0 heterocycles. The topological polar surface area (TPSA) is 66.8 Å². The maximum Gasteiger partial charge on any atom is 0.332 e. The molecule has 0 amide bonds. The molecule has 1 rings (SSSR count). The predicted octanol–water partition coefficient (Wildman–Crippen LogP) is 4.18. The minimum atomic E-state index is -3.67. The van der Waals surface area contributed by atoms with Gasteiger partial charge in [-0.2, -0.15) is 0 Å². The van der Waals surface area contributed by atoms with E-state index < -0.39 is 7.60 Å². The Bertz CT molecular complexity index is 555. The first-order chi connectivity index (χ1) is 9.18. The summed E-state index contributed by atoms with van der Waals surface area (Å²) >= 11 is 0. The van der Waals surface area contributed by atoms with Crippen molar-refractivity contribution in [3.8, 4) is 5.75 Å². The number of phenols is 1. The van der Waals surface area contributed by atoms with E-state index in [-0.39, 0.29) is 18.5 Å². The van der Waals surface area contributed by atoms with Crippen LogP contribution in [0.2, 0.25) is 0 Å². The van der Waals surface area contributed by atoms with E-state index in [2.05, 4.69) is 13.2 Å². The Morgan fingerprint density at radius 1 is 1.25 bits per heavy atom. The van der Waals surface area contributed by atoms with Crippen LogP contribution in [0.4, 0.5) is 0 Å². The molecule has 0 aromatic heterocycles. The Kier molecular flexibility index (Phi) is 5.35. The van der Waals surface area contributed by atoms with Crippen molar-refractivity contribution in [1.82, 2.24) is 0 Å². The largest absolute Gasteiger partial charge is 0.507 e.